The molecule has 0 spiro atoms. The normalized spacial score (nSPS) is 11.5. The monoisotopic (exact) mass is 328 g/mol. The molecular formula is C13H17ClN4O2S. The number of nitrogens with zero attached hydrogens (tertiary/aromatic N) is 3. The van der Waals surface area contributed by atoms with E-state index in [9.17, 15) is 8.42 Å². The number of sulfonamides is 1. The van der Waals surface area contributed by atoms with Gasteiger partial charge in [0.2, 0.25) is 0 Å². The number of nitrogens with one attached hydrogen (secondary N) is 1. The number of rotatable bonds is 4. The van der Waals surface area contributed by atoms with E-state index in [2.05, 4.69) is 9.82 Å². The fraction of sp³-hybridized carbons (Fsp3) is 0.308. The summed E-state index contributed by atoms with van der Waals surface area (Å²) in [7, 11) is 1.48. The van der Waals surface area contributed by atoms with Gasteiger partial charge in [-0.1, -0.05) is 23.7 Å². The molecule has 0 saturated carbocycles. The van der Waals surface area contributed by atoms with Crippen molar-refractivity contribution in [3.8, 4) is 0 Å². The maximum Gasteiger partial charge on any atom is 0.266 e. The van der Waals surface area contributed by atoms with Gasteiger partial charge in [-0.2, -0.15) is 5.10 Å². The van der Waals surface area contributed by atoms with Crippen molar-refractivity contribution in [3.63, 3.8) is 0 Å². The van der Waals surface area contributed by atoms with Crippen LogP contribution in [0.2, 0.25) is 5.15 Å². The standard InChI is InChI=1S/C13H17ClN4O2S/c1-9-12(13(14)18(4)15-9)21(19,20)16-10-7-5-6-8-11(10)17(2)3/h5-8,16H,1-4H3. The van der Waals surface area contributed by atoms with E-state index in [0.29, 0.717) is 11.4 Å². The molecule has 0 atom stereocenters. The average Bonchev–Trinajstić information content (AvgIpc) is 2.63. The second kappa shape index (κ2) is 5.57. The number of halogens is 1. The molecule has 0 amide bonds. The minimum Gasteiger partial charge on any atom is -0.376 e. The molecule has 0 aliphatic rings. The highest BCUT2D eigenvalue weighted by Crippen LogP contribution is 2.30. The van der Waals surface area contributed by atoms with E-state index in [1.807, 2.05) is 31.1 Å². The molecule has 114 valence electrons. The van der Waals surface area contributed by atoms with E-state index >= 15 is 0 Å². The van der Waals surface area contributed by atoms with Crippen LogP contribution in [0.15, 0.2) is 29.2 Å². The molecule has 0 fully saturated rings. The van der Waals surface area contributed by atoms with Crippen molar-refractivity contribution in [2.24, 2.45) is 7.05 Å². The van der Waals surface area contributed by atoms with Gasteiger partial charge in [-0.3, -0.25) is 9.40 Å². The molecule has 0 aliphatic heterocycles. The van der Waals surface area contributed by atoms with E-state index in [1.165, 1.54) is 4.68 Å². The lowest BCUT2D eigenvalue weighted by atomic mass is 10.2. The van der Waals surface area contributed by atoms with Crippen LogP contribution in [0.4, 0.5) is 11.4 Å². The van der Waals surface area contributed by atoms with Crippen molar-refractivity contribution >= 4 is 33.0 Å². The minimum atomic E-state index is -3.80. The smallest absolute Gasteiger partial charge is 0.266 e. The average molecular weight is 329 g/mol. The summed E-state index contributed by atoms with van der Waals surface area (Å²) in [6, 6.07) is 7.14. The highest BCUT2D eigenvalue weighted by Gasteiger charge is 2.26. The molecule has 1 aromatic carbocycles. The van der Waals surface area contributed by atoms with Crippen LogP contribution < -0.4 is 9.62 Å². The van der Waals surface area contributed by atoms with Crippen LogP contribution in [0.1, 0.15) is 5.69 Å². The number of benzene rings is 1. The summed E-state index contributed by atoms with van der Waals surface area (Å²) in [4.78, 5) is 1.83. The lowest BCUT2D eigenvalue weighted by Gasteiger charge is -2.18. The summed E-state index contributed by atoms with van der Waals surface area (Å²) in [6.45, 7) is 1.61. The first-order valence-electron chi connectivity index (χ1n) is 6.22. The molecule has 0 bridgehead atoms. The molecule has 2 aromatic rings. The Morgan fingerprint density at radius 3 is 2.43 bits per heavy atom. The zero-order valence-electron chi connectivity index (χ0n) is 12.3. The Kier molecular flexibility index (Phi) is 4.15. The van der Waals surface area contributed by atoms with Crippen molar-refractivity contribution in [3.05, 3.63) is 35.1 Å². The van der Waals surface area contributed by atoms with E-state index in [0.717, 1.165) is 5.69 Å². The third kappa shape index (κ3) is 2.98. The predicted molar refractivity (Wildman–Crippen MR) is 84.5 cm³/mol. The summed E-state index contributed by atoms with van der Waals surface area (Å²) >= 11 is 6.04. The first-order chi connectivity index (χ1) is 9.74. The van der Waals surface area contributed by atoms with Gasteiger partial charge in [0.1, 0.15) is 10.0 Å². The van der Waals surface area contributed by atoms with Gasteiger partial charge in [0.05, 0.1) is 17.1 Å². The highest BCUT2D eigenvalue weighted by molar-refractivity contribution is 7.93. The molecular weight excluding hydrogens is 312 g/mol. The molecule has 6 nitrogen and oxygen atoms in total. The summed E-state index contributed by atoms with van der Waals surface area (Å²) in [5.74, 6) is 0. The number of aryl methyl sites for hydroxylation is 2. The SMILES string of the molecule is Cc1nn(C)c(Cl)c1S(=O)(=O)Nc1ccccc1N(C)C. The van der Waals surface area contributed by atoms with Crippen LogP contribution in [0.3, 0.4) is 0 Å². The van der Waals surface area contributed by atoms with Crippen molar-refractivity contribution in [1.82, 2.24) is 9.78 Å². The van der Waals surface area contributed by atoms with Crippen molar-refractivity contribution in [2.75, 3.05) is 23.7 Å². The third-order valence-electron chi connectivity index (χ3n) is 3.00. The first kappa shape index (κ1) is 15.7. The van der Waals surface area contributed by atoms with Crippen molar-refractivity contribution in [1.29, 1.82) is 0 Å². The van der Waals surface area contributed by atoms with Crippen LogP contribution in [0, 0.1) is 6.92 Å². The zero-order valence-corrected chi connectivity index (χ0v) is 13.8. The van der Waals surface area contributed by atoms with Gasteiger partial charge in [0, 0.05) is 21.1 Å². The molecule has 21 heavy (non-hydrogen) atoms. The van der Waals surface area contributed by atoms with Crippen LogP contribution in [-0.4, -0.2) is 32.3 Å². The number of anilines is 2. The van der Waals surface area contributed by atoms with E-state index in [1.54, 1.807) is 26.1 Å². The van der Waals surface area contributed by atoms with Gasteiger partial charge in [-0.05, 0) is 19.1 Å². The predicted octanol–water partition coefficient (Wildman–Crippen LogP) is 2.25. The quantitative estimate of drug-likeness (QED) is 0.934. The molecule has 1 N–H and O–H groups in total. The van der Waals surface area contributed by atoms with E-state index in [4.69, 9.17) is 11.6 Å². The third-order valence-corrected chi connectivity index (χ3v) is 5.06. The Balaban J connectivity index is 2.48. The zero-order chi connectivity index (χ0) is 15.8. The second-order valence-electron chi connectivity index (χ2n) is 4.85. The number of hydrogen-bond donors (Lipinski definition) is 1. The topological polar surface area (TPSA) is 67.2 Å². The van der Waals surface area contributed by atoms with Crippen LogP contribution in [-0.2, 0) is 17.1 Å². The van der Waals surface area contributed by atoms with Crippen LogP contribution in [0.5, 0.6) is 0 Å². The van der Waals surface area contributed by atoms with Crippen molar-refractivity contribution < 1.29 is 8.42 Å². The Bertz CT molecular complexity index is 768. The fourth-order valence-electron chi connectivity index (χ4n) is 2.06. The Morgan fingerprint density at radius 1 is 1.29 bits per heavy atom. The number of hydrogen-bond acceptors (Lipinski definition) is 4. The molecule has 0 radical (unpaired) electrons. The Labute approximate surface area is 129 Å². The largest absolute Gasteiger partial charge is 0.376 e. The van der Waals surface area contributed by atoms with E-state index in [-0.39, 0.29) is 10.0 Å². The second-order valence-corrected chi connectivity index (χ2v) is 6.82. The molecule has 1 heterocycles. The summed E-state index contributed by atoms with van der Waals surface area (Å²) in [5.41, 5.74) is 1.61. The van der Waals surface area contributed by atoms with Gasteiger partial charge in [0.15, 0.2) is 0 Å². The number of para-hydroxylation sites is 2. The minimum absolute atomic E-state index is 0.000209. The first-order valence-corrected chi connectivity index (χ1v) is 8.08. The van der Waals surface area contributed by atoms with E-state index < -0.39 is 10.0 Å². The molecule has 0 aliphatic carbocycles. The molecule has 0 saturated heterocycles. The van der Waals surface area contributed by atoms with Crippen molar-refractivity contribution in [2.45, 2.75) is 11.8 Å². The van der Waals surface area contributed by atoms with Gasteiger partial charge in [-0.25, -0.2) is 8.42 Å². The maximum absolute atomic E-state index is 12.6. The van der Waals surface area contributed by atoms with Gasteiger partial charge < -0.3 is 4.90 Å². The van der Waals surface area contributed by atoms with Crippen LogP contribution >= 0.6 is 11.6 Å². The summed E-state index contributed by atoms with van der Waals surface area (Å²) in [6.07, 6.45) is 0. The summed E-state index contributed by atoms with van der Waals surface area (Å²) < 4.78 is 29.0. The fourth-order valence-corrected chi connectivity index (χ4v) is 3.89. The Morgan fingerprint density at radius 2 is 1.90 bits per heavy atom. The lowest BCUT2D eigenvalue weighted by Crippen LogP contribution is -2.17. The molecule has 2 rings (SSSR count). The van der Waals surface area contributed by atoms with Gasteiger partial charge in [0.25, 0.3) is 10.0 Å². The molecule has 0 unspecified atom stereocenters. The van der Waals surface area contributed by atoms with Gasteiger partial charge >= 0.3 is 0 Å². The number of aromatic nitrogens is 2. The lowest BCUT2D eigenvalue weighted by molar-refractivity contribution is 0.600. The highest BCUT2D eigenvalue weighted by atomic mass is 35.5. The summed E-state index contributed by atoms with van der Waals surface area (Å²) in [5, 5.41) is 4.12. The van der Waals surface area contributed by atoms with Crippen LogP contribution in [0.25, 0.3) is 0 Å². The van der Waals surface area contributed by atoms with Gasteiger partial charge in [-0.15, -0.1) is 0 Å². The maximum atomic E-state index is 12.6. The molecule has 1 aromatic heterocycles. The molecule has 8 heteroatoms. The Hall–Kier alpha value is -1.73.